The lowest BCUT2D eigenvalue weighted by molar-refractivity contribution is 0.402. The van der Waals surface area contributed by atoms with Crippen LogP contribution in [-0.4, -0.2) is 21.6 Å². The van der Waals surface area contributed by atoms with Crippen LogP contribution in [0, 0.1) is 0 Å². The molecule has 0 aliphatic carbocycles. The number of hydrogen-bond donors (Lipinski definition) is 0. The number of fused-ring (bicyclic) bond motifs is 1. The van der Waals surface area contributed by atoms with Crippen molar-refractivity contribution in [2.24, 2.45) is 7.05 Å². The SMILES string of the molecule is COc1ncnc2c1ccc(=O)n2C. The fraction of sp³-hybridized carbons (Fsp3) is 0.222. The Balaban J connectivity index is 2.93. The summed E-state index contributed by atoms with van der Waals surface area (Å²) in [7, 11) is 3.20. The van der Waals surface area contributed by atoms with E-state index in [0.29, 0.717) is 11.5 Å². The summed E-state index contributed by atoms with van der Waals surface area (Å²) in [4.78, 5) is 19.3. The van der Waals surface area contributed by atoms with Gasteiger partial charge in [-0.2, -0.15) is 0 Å². The smallest absolute Gasteiger partial charge is 0.251 e. The van der Waals surface area contributed by atoms with Crippen LogP contribution in [0.4, 0.5) is 0 Å². The first-order valence-corrected chi connectivity index (χ1v) is 4.09. The van der Waals surface area contributed by atoms with E-state index in [0.717, 1.165) is 5.39 Å². The monoisotopic (exact) mass is 191 g/mol. The number of nitrogens with zero attached hydrogens (tertiary/aromatic N) is 3. The van der Waals surface area contributed by atoms with Crippen LogP contribution in [0.5, 0.6) is 5.88 Å². The van der Waals surface area contributed by atoms with Gasteiger partial charge in [0.05, 0.1) is 12.5 Å². The van der Waals surface area contributed by atoms with E-state index in [1.165, 1.54) is 24.1 Å². The lowest BCUT2D eigenvalue weighted by Gasteiger charge is -2.05. The number of aromatic nitrogens is 3. The molecule has 0 bridgehead atoms. The molecule has 72 valence electrons. The number of pyridine rings is 1. The van der Waals surface area contributed by atoms with E-state index in [9.17, 15) is 4.79 Å². The molecule has 2 aromatic rings. The molecule has 5 heteroatoms. The summed E-state index contributed by atoms with van der Waals surface area (Å²) in [6.45, 7) is 0. The van der Waals surface area contributed by atoms with Gasteiger partial charge in [-0.25, -0.2) is 9.97 Å². The van der Waals surface area contributed by atoms with Crippen LogP contribution >= 0.6 is 0 Å². The van der Waals surface area contributed by atoms with E-state index >= 15 is 0 Å². The molecule has 0 fully saturated rings. The predicted octanol–water partition coefficient (Wildman–Crippen LogP) is 0.337. The van der Waals surface area contributed by atoms with Gasteiger partial charge in [0, 0.05) is 13.1 Å². The largest absolute Gasteiger partial charge is 0.480 e. The first kappa shape index (κ1) is 8.68. The Hall–Kier alpha value is -1.91. The molecule has 2 heterocycles. The van der Waals surface area contributed by atoms with Gasteiger partial charge in [-0.1, -0.05) is 0 Å². The van der Waals surface area contributed by atoms with Gasteiger partial charge in [0.2, 0.25) is 5.88 Å². The summed E-state index contributed by atoms with van der Waals surface area (Å²) in [5.74, 6) is 0.477. The molecular formula is C9H9N3O2. The highest BCUT2D eigenvalue weighted by atomic mass is 16.5. The Morgan fingerprint density at radius 1 is 1.36 bits per heavy atom. The summed E-state index contributed by atoms with van der Waals surface area (Å²) in [6.07, 6.45) is 1.38. The minimum atomic E-state index is -0.0988. The molecule has 0 saturated heterocycles. The number of rotatable bonds is 1. The molecule has 0 radical (unpaired) electrons. The number of ether oxygens (including phenoxy) is 1. The Morgan fingerprint density at radius 3 is 2.86 bits per heavy atom. The van der Waals surface area contributed by atoms with Crippen molar-refractivity contribution >= 4 is 11.0 Å². The Morgan fingerprint density at radius 2 is 2.14 bits per heavy atom. The van der Waals surface area contributed by atoms with Gasteiger partial charge >= 0.3 is 0 Å². The molecule has 0 saturated carbocycles. The summed E-state index contributed by atoms with van der Waals surface area (Å²) in [5, 5.41) is 0.733. The van der Waals surface area contributed by atoms with Crippen molar-refractivity contribution in [3.05, 3.63) is 28.8 Å². The van der Waals surface area contributed by atoms with Crippen molar-refractivity contribution in [1.82, 2.24) is 14.5 Å². The molecule has 2 rings (SSSR count). The second kappa shape index (κ2) is 3.10. The van der Waals surface area contributed by atoms with Crippen molar-refractivity contribution in [2.75, 3.05) is 7.11 Å². The summed E-state index contributed by atoms with van der Waals surface area (Å²) in [6, 6.07) is 3.13. The van der Waals surface area contributed by atoms with Crippen LogP contribution < -0.4 is 10.3 Å². The van der Waals surface area contributed by atoms with E-state index in [1.807, 2.05) is 0 Å². The average Bonchev–Trinajstić information content (AvgIpc) is 2.23. The van der Waals surface area contributed by atoms with Gasteiger partial charge in [0.15, 0.2) is 0 Å². The molecule has 14 heavy (non-hydrogen) atoms. The highest BCUT2D eigenvalue weighted by molar-refractivity contribution is 5.79. The summed E-state index contributed by atoms with van der Waals surface area (Å²) < 4.78 is 6.51. The third-order valence-electron chi connectivity index (χ3n) is 2.06. The number of aryl methyl sites for hydroxylation is 1. The Bertz CT molecular complexity index is 533. The van der Waals surface area contributed by atoms with Crippen LogP contribution in [-0.2, 0) is 7.05 Å². The Kier molecular flexibility index (Phi) is 1.92. The van der Waals surface area contributed by atoms with Crippen molar-refractivity contribution < 1.29 is 4.74 Å². The average molecular weight is 191 g/mol. The van der Waals surface area contributed by atoms with Crippen LogP contribution in [0.1, 0.15) is 0 Å². The molecule has 0 aliphatic heterocycles. The lowest BCUT2D eigenvalue weighted by atomic mass is 10.3. The molecular weight excluding hydrogens is 182 g/mol. The van der Waals surface area contributed by atoms with Crippen LogP contribution in [0.25, 0.3) is 11.0 Å². The van der Waals surface area contributed by atoms with Gasteiger partial charge in [-0.15, -0.1) is 0 Å². The van der Waals surface area contributed by atoms with Gasteiger partial charge in [-0.05, 0) is 6.07 Å². The highest BCUT2D eigenvalue weighted by Crippen LogP contribution is 2.17. The highest BCUT2D eigenvalue weighted by Gasteiger charge is 2.05. The normalized spacial score (nSPS) is 10.4. The zero-order valence-electron chi connectivity index (χ0n) is 7.89. The standard InChI is InChI=1S/C9H9N3O2/c1-12-7(13)4-3-6-8(12)10-5-11-9(6)14-2/h3-5H,1-2H3. The van der Waals surface area contributed by atoms with Crippen LogP contribution in [0.15, 0.2) is 23.3 Å². The number of hydrogen-bond acceptors (Lipinski definition) is 4. The van der Waals surface area contributed by atoms with Gasteiger partial charge in [0.1, 0.15) is 12.0 Å². The molecule has 0 unspecified atom stereocenters. The van der Waals surface area contributed by atoms with E-state index < -0.39 is 0 Å². The third kappa shape index (κ3) is 1.14. The maximum absolute atomic E-state index is 11.3. The maximum Gasteiger partial charge on any atom is 0.251 e. The van der Waals surface area contributed by atoms with Crippen LogP contribution in [0.3, 0.4) is 0 Å². The first-order valence-electron chi connectivity index (χ1n) is 4.09. The molecule has 0 aromatic carbocycles. The van der Waals surface area contributed by atoms with Crippen molar-refractivity contribution in [3.8, 4) is 5.88 Å². The van der Waals surface area contributed by atoms with E-state index in [1.54, 1.807) is 13.1 Å². The topological polar surface area (TPSA) is 57.0 Å². The third-order valence-corrected chi connectivity index (χ3v) is 2.06. The molecule has 0 N–H and O–H groups in total. The molecule has 0 spiro atoms. The van der Waals surface area contributed by atoms with Crippen molar-refractivity contribution in [1.29, 1.82) is 0 Å². The molecule has 0 amide bonds. The van der Waals surface area contributed by atoms with Crippen LogP contribution in [0.2, 0.25) is 0 Å². The fourth-order valence-electron chi connectivity index (χ4n) is 1.32. The van der Waals surface area contributed by atoms with E-state index in [2.05, 4.69) is 9.97 Å². The Labute approximate surface area is 80.0 Å². The van der Waals surface area contributed by atoms with Crippen molar-refractivity contribution in [3.63, 3.8) is 0 Å². The zero-order valence-corrected chi connectivity index (χ0v) is 7.89. The first-order chi connectivity index (χ1) is 6.74. The number of methoxy groups -OCH3 is 1. The second-order valence-corrected chi connectivity index (χ2v) is 2.85. The summed E-state index contributed by atoms with van der Waals surface area (Å²) >= 11 is 0. The van der Waals surface area contributed by atoms with Gasteiger partial charge in [0.25, 0.3) is 5.56 Å². The van der Waals surface area contributed by atoms with E-state index in [-0.39, 0.29) is 5.56 Å². The van der Waals surface area contributed by atoms with Crippen molar-refractivity contribution in [2.45, 2.75) is 0 Å². The minimum absolute atomic E-state index is 0.0988. The zero-order chi connectivity index (χ0) is 10.1. The molecule has 0 aliphatic rings. The summed E-state index contributed by atoms with van der Waals surface area (Å²) in [5.41, 5.74) is 0.475. The maximum atomic E-state index is 11.3. The van der Waals surface area contributed by atoms with Gasteiger partial charge in [-0.3, -0.25) is 9.36 Å². The van der Waals surface area contributed by atoms with Gasteiger partial charge < -0.3 is 4.74 Å². The fourth-order valence-corrected chi connectivity index (χ4v) is 1.32. The molecule has 5 nitrogen and oxygen atoms in total. The molecule has 0 atom stereocenters. The predicted molar refractivity (Wildman–Crippen MR) is 51.3 cm³/mol. The second-order valence-electron chi connectivity index (χ2n) is 2.85. The lowest BCUT2D eigenvalue weighted by Crippen LogP contribution is -2.16. The molecule has 2 aromatic heterocycles. The quantitative estimate of drug-likeness (QED) is 0.652. The minimum Gasteiger partial charge on any atom is -0.480 e. The van der Waals surface area contributed by atoms with E-state index in [4.69, 9.17) is 4.74 Å².